The molecule has 0 aliphatic heterocycles. The van der Waals surface area contributed by atoms with Crippen LogP contribution in [0.4, 0.5) is 0 Å². The van der Waals surface area contributed by atoms with Crippen LogP contribution in [0, 0.1) is 0 Å². The first-order valence-corrected chi connectivity index (χ1v) is 40.8. The van der Waals surface area contributed by atoms with Gasteiger partial charge in [-0.1, -0.05) is 329 Å². The number of hydrogen-bond donors (Lipinski definition) is 3. The van der Waals surface area contributed by atoms with E-state index in [0.717, 1.165) is 89.9 Å². The lowest BCUT2D eigenvalue weighted by molar-refractivity contribution is -0.161. The summed E-state index contributed by atoms with van der Waals surface area (Å²) in [6, 6.07) is 0. The third-order valence-electron chi connectivity index (χ3n) is 16.9. The molecule has 3 N–H and O–H groups in total. The van der Waals surface area contributed by atoms with E-state index in [1.165, 1.54) is 212 Å². The van der Waals surface area contributed by atoms with Crippen molar-refractivity contribution in [2.24, 2.45) is 0 Å². The maximum Gasteiger partial charge on any atom is 0.472 e. The van der Waals surface area contributed by atoms with Gasteiger partial charge in [-0.2, -0.15) is 0 Å². The molecule has 0 saturated carbocycles. The number of unbranched alkanes of at least 4 members (excludes halogenated alkanes) is 47. The minimum Gasteiger partial charge on any atom is -0.462 e. The molecule has 91 heavy (non-hydrogen) atoms. The molecule has 0 radical (unpaired) electrons. The molecule has 19 heteroatoms. The number of aliphatic hydroxyl groups excluding tert-OH is 1. The van der Waals surface area contributed by atoms with Gasteiger partial charge in [0.2, 0.25) is 0 Å². The number of rotatable bonds is 73. The Morgan fingerprint density at radius 2 is 0.440 bits per heavy atom. The van der Waals surface area contributed by atoms with E-state index in [1.807, 2.05) is 0 Å². The van der Waals surface area contributed by atoms with E-state index < -0.39 is 97.5 Å². The summed E-state index contributed by atoms with van der Waals surface area (Å²) < 4.78 is 68.3. The van der Waals surface area contributed by atoms with Crippen LogP contribution in [0.25, 0.3) is 0 Å². The number of phosphoric acid groups is 2. The Bertz CT molecular complexity index is 1740. The van der Waals surface area contributed by atoms with E-state index in [0.29, 0.717) is 25.7 Å². The molecule has 540 valence electrons. The zero-order chi connectivity index (χ0) is 66.8. The van der Waals surface area contributed by atoms with Crippen molar-refractivity contribution in [3.8, 4) is 0 Å². The Labute approximate surface area is 556 Å². The predicted octanol–water partition coefficient (Wildman–Crippen LogP) is 21.1. The lowest BCUT2D eigenvalue weighted by atomic mass is 10.0. The molecule has 0 aromatic heterocycles. The smallest absolute Gasteiger partial charge is 0.462 e. The molecule has 0 saturated heterocycles. The van der Waals surface area contributed by atoms with E-state index >= 15 is 0 Å². The highest BCUT2D eigenvalue weighted by Crippen LogP contribution is 2.45. The van der Waals surface area contributed by atoms with Gasteiger partial charge in [0.05, 0.1) is 26.4 Å². The first-order valence-electron chi connectivity index (χ1n) is 37.8. The van der Waals surface area contributed by atoms with Crippen LogP contribution in [0.15, 0.2) is 0 Å². The second-order valence-electron chi connectivity index (χ2n) is 26.0. The highest BCUT2D eigenvalue weighted by atomic mass is 31.2. The van der Waals surface area contributed by atoms with Crippen molar-refractivity contribution < 1.29 is 80.2 Å². The summed E-state index contributed by atoms with van der Waals surface area (Å²) in [6.45, 7) is 4.95. The molecule has 5 atom stereocenters. The van der Waals surface area contributed by atoms with Crippen molar-refractivity contribution in [1.29, 1.82) is 0 Å². The molecule has 0 bridgehead atoms. The number of carbonyl (C=O) groups is 4. The quantitative estimate of drug-likeness (QED) is 0.0222. The topological polar surface area (TPSA) is 237 Å². The summed E-state index contributed by atoms with van der Waals surface area (Å²) in [4.78, 5) is 72.6. The van der Waals surface area contributed by atoms with Crippen LogP contribution >= 0.6 is 15.6 Å². The van der Waals surface area contributed by atoms with Crippen molar-refractivity contribution in [2.75, 3.05) is 39.6 Å². The lowest BCUT2D eigenvalue weighted by Crippen LogP contribution is -2.30. The molecule has 0 rings (SSSR count). The minimum atomic E-state index is -4.95. The van der Waals surface area contributed by atoms with Crippen LogP contribution in [0.3, 0.4) is 0 Å². The van der Waals surface area contributed by atoms with Crippen LogP contribution in [0.1, 0.15) is 381 Å². The van der Waals surface area contributed by atoms with Gasteiger partial charge in [0.15, 0.2) is 12.2 Å². The predicted molar refractivity (Wildman–Crippen MR) is 368 cm³/mol. The van der Waals surface area contributed by atoms with E-state index in [2.05, 4.69) is 27.7 Å². The molecule has 0 aliphatic rings. The Hall–Kier alpha value is -1.94. The zero-order valence-corrected chi connectivity index (χ0v) is 60.6. The van der Waals surface area contributed by atoms with Crippen LogP contribution < -0.4 is 0 Å². The molecular formula is C72H140O17P2. The lowest BCUT2D eigenvalue weighted by Gasteiger charge is -2.21. The summed E-state index contributed by atoms with van der Waals surface area (Å²) in [6.07, 6.45) is 55.4. The number of carbonyl (C=O) groups excluding carboxylic acids is 4. The number of ether oxygens (including phenoxy) is 4. The molecule has 0 amide bonds. The molecule has 0 heterocycles. The first kappa shape index (κ1) is 89.1. The second kappa shape index (κ2) is 66.7. The summed E-state index contributed by atoms with van der Waals surface area (Å²) in [5, 5.41) is 10.6. The monoisotopic (exact) mass is 1340 g/mol. The fraction of sp³-hybridized carbons (Fsp3) is 0.944. The summed E-state index contributed by atoms with van der Waals surface area (Å²) in [5.74, 6) is -2.12. The average molecular weight is 1340 g/mol. The van der Waals surface area contributed by atoms with Crippen LogP contribution in [0.2, 0.25) is 0 Å². The Morgan fingerprint density at radius 1 is 0.264 bits per heavy atom. The van der Waals surface area contributed by atoms with Gasteiger partial charge in [0.1, 0.15) is 19.3 Å². The number of esters is 4. The molecule has 17 nitrogen and oxygen atoms in total. The van der Waals surface area contributed by atoms with Gasteiger partial charge in [-0.15, -0.1) is 0 Å². The largest absolute Gasteiger partial charge is 0.472 e. The third-order valence-corrected chi connectivity index (χ3v) is 18.8. The fourth-order valence-corrected chi connectivity index (χ4v) is 12.6. The van der Waals surface area contributed by atoms with Gasteiger partial charge in [-0.25, -0.2) is 9.13 Å². The van der Waals surface area contributed by atoms with Crippen LogP contribution in [-0.2, 0) is 65.4 Å². The first-order chi connectivity index (χ1) is 44.2. The van der Waals surface area contributed by atoms with Crippen LogP contribution in [0.5, 0.6) is 0 Å². The molecule has 0 fully saturated rings. The SMILES string of the molecule is CCCCCCCCCCCCCCCCCCCCC(=O)O[C@H](COC(=O)CCCCCCCCCCCCCCC)COP(=O)(O)OC[C@@H](O)COP(=O)(O)OC[C@@H](COC(=O)CCCCCCCCCCC)OC(=O)CCCCCCCCCCCCC. The van der Waals surface area contributed by atoms with Gasteiger partial charge in [-0.3, -0.25) is 37.3 Å². The highest BCUT2D eigenvalue weighted by Gasteiger charge is 2.30. The van der Waals surface area contributed by atoms with Crippen molar-refractivity contribution in [3.05, 3.63) is 0 Å². The molecular weight excluding hydrogens is 1200 g/mol. The van der Waals surface area contributed by atoms with Crippen molar-refractivity contribution in [2.45, 2.75) is 399 Å². The molecule has 2 unspecified atom stereocenters. The number of hydrogen-bond acceptors (Lipinski definition) is 15. The number of aliphatic hydroxyl groups is 1. The zero-order valence-electron chi connectivity index (χ0n) is 58.8. The summed E-state index contributed by atoms with van der Waals surface area (Å²) in [7, 11) is -9.90. The van der Waals surface area contributed by atoms with Gasteiger partial charge in [-0.05, 0) is 25.7 Å². The maximum absolute atomic E-state index is 13.0. The minimum absolute atomic E-state index is 0.107. The Balaban J connectivity index is 5.21. The van der Waals surface area contributed by atoms with E-state index in [9.17, 15) is 43.2 Å². The van der Waals surface area contributed by atoms with Crippen LogP contribution in [-0.4, -0.2) is 96.7 Å². The fourth-order valence-electron chi connectivity index (χ4n) is 11.0. The van der Waals surface area contributed by atoms with Gasteiger partial charge in [0, 0.05) is 25.7 Å². The highest BCUT2D eigenvalue weighted by molar-refractivity contribution is 7.47. The standard InChI is InChI=1S/C72H140O17P2/c1-5-9-13-17-21-25-28-30-31-32-33-34-36-39-43-47-51-55-59-72(77)89-68(63-83-70(75)57-53-49-45-41-38-35-29-26-22-18-14-10-6-2)65-87-91(80,81)85-61-66(73)60-84-90(78,79)86-64-67(62-82-69(74)56-52-48-44-40-24-20-16-12-8-4)88-71(76)58-54-50-46-42-37-27-23-19-15-11-7-3/h66-68,73H,5-65H2,1-4H3,(H,78,79)(H,80,81)/t66-,67+,68+/m0/s1. The van der Waals surface area contributed by atoms with E-state index in [4.69, 9.17) is 37.0 Å². The van der Waals surface area contributed by atoms with E-state index in [1.54, 1.807) is 0 Å². The average Bonchev–Trinajstić information content (AvgIpc) is 3.43. The molecule has 0 aromatic carbocycles. The van der Waals surface area contributed by atoms with Gasteiger partial charge >= 0.3 is 39.5 Å². The van der Waals surface area contributed by atoms with Crippen molar-refractivity contribution >= 4 is 39.5 Å². The molecule has 0 aliphatic carbocycles. The van der Waals surface area contributed by atoms with Gasteiger partial charge in [0.25, 0.3) is 0 Å². The Kier molecular flexibility index (Phi) is 65.2. The maximum atomic E-state index is 13.0. The normalized spacial score (nSPS) is 14.0. The summed E-state index contributed by atoms with van der Waals surface area (Å²) in [5.41, 5.74) is 0. The van der Waals surface area contributed by atoms with E-state index in [-0.39, 0.29) is 25.7 Å². The summed E-state index contributed by atoms with van der Waals surface area (Å²) >= 11 is 0. The third kappa shape index (κ3) is 66.5. The molecule has 0 aromatic rings. The molecule has 0 spiro atoms. The van der Waals surface area contributed by atoms with Gasteiger partial charge < -0.3 is 33.8 Å². The van der Waals surface area contributed by atoms with Crippen molar-refractivity contribution in [3.63, 3.8) is 0 Å². The second-order valence-corrected chi connectivity index (χ2v) is 28.9. The van der Waals surface area contributed by atoms with Crippen molar-refractivity contribution in [1.82, 2.24) is 0 Å². The Morgan fingerprint density at radius 3 is 0.648 bits per heavy atom. The number of phosphoric ester groups is 2.